The fraction of sp³-hybridized carbons (Fsp3) is 0.143. The summed E-state index contributed by atoms with van der Waals surface area (Å²) >= 11 is 4.90. The molecule has 21 heavy (non-hydrogen) atoms. The molecule has 0 aliphatic heterocycles. The first kappa shape index (κ1) is 15.5. The smallest absolute Gasteiger partial charge is 0.259 e. The van der Waals surface area contributed by atoms with E-state index in [1.807, 2.05) is 35.7 Å². The van der Waals surface area contributed by atoms with Crippen LogP contribution < -0.4 is 15.5 Å². The molecule has 0 aliphatic rings. The van der Waals surface area contributed by atoms with Crippen LogP contribution in [-0.4, -0.2) is 25.8 Å². The van der Waals surface area contributed by atoms with Crippen molar-refractivity contribution in [1.29, 1.82) is 0 Å². The van der Waals surface area contributed by atoms with Crippen molar-refractivity contribution in [2.24, 2.45) is 5.10 Å². The molecule has 5 nitrogen and oxygen atoms in total. The number of halogens is 1. The van der Waals surface area contributed by atoms with Crippen LogP contribution in [0, 0.1) is 0 Å². The molecule has 0 atom stereocenters. The predicted octanol–water partition coefficient (Wildman–Crippen LogP) is 3.08. The normalized spacial score (nSPS) is 10.6. The number of amides is 1. The number of thiophene rings is 1. The van der Waals surface area contributed by atoms with Crippen LogP contribution in [0.5, 0.6) is 5.75 Å². The number of anilines is 1. The Morgan fingerprint density at radius 3 is 3.05 bits per heavy atom. The minimum Gasteiger partial charge on any atom is -0.497 e. The van der Waals surface area contributed by atoms with Crippen molar-refractivity contribution >= 4 is 45.1 Å². The molecular weight excluding hydrogens is 354 g/mol. The van der Waals surface area contributed by atoms with E-state index in [9.17, 15) is 4.79 Å². The zero-order valence-electron chi connectivity index (χ0n) is 11.3. The zero-order valence-corrected chi connectivity index (χ0v) is 13.7. The largest absolute Gasteiger partial charge is 0.497 e. The third-order valence-electron chi connectivity index (χ3n) is 2.49. The van der Waals surface area contributed by atoms with Crippen molar-refractivity contribution in [3.8, 4) is 5.75 Å². The van der Waals surface area contributed by atoms with E-state index < -0.39 is 0 Å². The van der Waals surface area contributed by atoms with Gasteiger partial charge in [-0.3, -0.25) is 4.79 Å². The molecule has 1 amide bonds. The average molecular weight is 368 g/mol. The third-order valence-corrected chi connectivity index (χ3v) is 4.12. The number of nitrogens with one attached hydrogen (secondary N) is 2. The number of hydrazone groups is 1. The summed E-state index contributed by atoms with van der Waals surface area (Å²) in [5, 5.41) is 8.85. The fourth-order valence-corrected chi connectivity index (χ4v) is 2.82. The number of benzene rings is 1. The van der Waals surface area contributed by atoms with E-state index in [1.165, 1.54) is 11.3 Å². The van der Waals surface area contributed by atoms with Crippen LogP contribution >= 0.6 is 27.3 Å². The van der Waals surface area contributed by atoms with E-state index in [4.69, 9.17) is 4.74 Å². The van der Waals surface area contributed by atoms with Crippen molar-refractivity contribution in [1.82, 2.24) is 5.43 Å². The summed E-state index contributed by atoms with van der Waals surface area (Å²) in [6.07, 6.45) is 1.61. The summed E-state index contributed by atoms with van der Waals surface area (Å²) in [6, 6.07) is 9.30. The second-order valence-electron chi connectivity index (χ2n) is 4.05. The lowest BCUT2D eigenvalue weighted by Crippen LogP contribution is -2.25. The van der Waals surface area contributed by atoms with Gasteiger partial charge in [-0.2, -0.15) is 5.10 Å². The summed E-state index contributed by atoms with van der Waals surface area (Å²) < 4.78 is 6.11. The topological polar surface area (TPSA) is 62.7 Å². The summed E-state index contributed by atoms with van der Waals surface area (Å²) in [5.41, 5.74) is 3.28. The number of methoxy groups -OCH3 is 1. The number of carbonyl (C=O) groups is 1. The Morgan fingerprint density at radius 1 is 1.48 bits per heavy atom. The zero-order chi connectivity index (χ0) is 15.1. The summed E-state index contributed by atoms with van der Waals surface area (Å²) in [6.45, 7) is 0.138. The second-order valence-corrected chi connectivity index (χ2v) is 5.90. The van der Waals surface area contributed by atoms with Crippen molar-refractivity contribution < 1.29 is 9.53 Å². The lowest BCUT2D eigenvalue weighted by molar-refractivity contribution is -0.119. The van der Waals surface area contributed by atoms with Gasteiger partial charge in [0.05, 0.1) is 19.9 Å². The van der Waals surface area contributed by atoms with Crippen LogP contribution in [0.1, 0.15) is 4.88 Å². The average Bonchev–Trinajstić information content (AvgIpc) is 2.91. The molecule has 0 spiro atoms. The van der Waals surface area contributed by atoms with Crippen molar-refractivity contribution in [3.05, 3.63) is 45.1 Å². The highest BCUT2D eigenvalue weighted by molar-refractivity contribution is 9.10. The number of hydrogen-bond donors (Lipinski definition) is 2. The van der Waals surface area contributed by atoms with Crippen LogP contribution in [0.4, 0.5) is 5.69 Å². The maximum absolute atomic E-state index is 11.6. The minimum atomic E-state index is -0.218. The van der Waals surface area contributed by atoms with Crippen LogP contribution in [0.25, 0.3) is 0 Å². The number of nitrogens with zero attached hydrogens (tertiary/aromatic N) is 1. The van der Waals surface area contributed by atoms with Gasteiger partial charge in [-0.15, -0.1) is 11.3 Å². The van der Waals surface area contributed by atoms with Gasteiger partial charge in [-0.1, -0.05) is 6.07 Å². The van der Waals surface area contributed by atoms with Gasteiger partial charge in [0.25, 0.3) is 5.91 Å². The molecule has 1 aromatic carbocycles. The molecular formula is C14H14BrN3O2S. The minimum absolute atomic E-state index is 0.138. The monoisotopic (exact) mass is 367 g/mol. The van der Waals surface area contributed by atoms with Gasteiger partial charge >= 0.3 is 0 Å². The molecule has 0 unspecified atom stereocenters. The van der Waals surface area contributed by atoms with Crippen LogP contribution in [-0.2, 0) is 4.79 Å². The maximum Gasteiger partial charge on any atom is 0.259 e. The highest BCUT2D eigenvalue weighted by Gasteiger charge is 2.00. The van der Waals surface area contributed by atoms with Gasteiger partial charge in [0, 0.05) is 26.5 Å². The molecule has 1 heterocycles. The summed E-state index contributed by atoms with van der Waals surface area (Å²) in [7, 11) is 1.60. The molecule has 0 aliphatic carbocycles. The first-order valence-electron chi connectivity index (χ1n) is 6.11. The molecule has 2 N–H and O–H groups in total. The van der Waals surface area contributed by atoms with Crippen LogP contribution in [0.15, 0.2) is 45.3 Å². The highest BCUT2D eigenvalue weighted by atomic mass is 79.9. The molecule has 2 rings (SSSR count). The van der Waals surface area contributed by atoms with Gasteiger partial charge in [-0.25, -0.2) is 5.43 Å². The Labute approximate surface area is 135 Å². The number of rotatable bonds is 6. The molecule has 0 fully saturated rings. The molecule has 7 heteroatoms. The number of ether oxygens (including phenoxy) is 1. The Hall–Kier alpha value is -1.86. The van der Waals surface area contributed by atoms with Gasteiger partial charge in [0.15, 0.2) is 0 Å². The summed E-state index contributed by atoms with van der Waals surface area (Å²) in [5.74, 6) is 0.520. The SMILES string of the molecule is COc1cccc(NCC(=O)N/N=C\c2cc(Br)cs2)c1. The lowest BCUT2D eigenvalue weighted by atomic mass is 10.3. The highest BCUT2D eigenvalue weighted by Crippen LogP contribution is 2.18. The first-order chi connectivity index (χ1) is 10.2. The summed E-state index contributed by atoms with van der Waals surface area (Å²) in [4.78, 5) is 12.6. The fourth-order valence-electron chi connectivity index (χ4n) is 1.52. The van der Waals surface area contributed by atoms with E-state index in [1.54, 1.807) is 13.3 Å². The predicted molar refractivity (Wildman–Crippen MR) is 89.2 cm³/mol. The Morgan fingerprint density at radius 2 is 2.33 bits per heavy atom. The Kier molecular flexibility index (Phi) is 5.77. The molecule has 0 radical (unpaired) electrons. The quantitative estimate of drug-likeness (QED) is 0.609. The van der Waals surface area contributed by atoms with E-state index >= 15 is 0 Å². The number of carbonyl (C=O) groups excluding carboxylic acids is 1. The number of hydrogen-bond acceptors (Lipinski definition) is 5. The molecule has 0 saturated carbocycles. The molecule has 110 valence electrons. The Balaban J connectivity index is 1.78. The van der Waals surface area contributed by atoms with E-state index in [0.717, 1.165) is 20.8 Å². The molecule has 1 aromatic heterocycles. The standard InChI is InChI=1S/C14H14BrN3O2S/c1-20-12-4-2-3-11(6-12)16-8-14(19)18-17-7-13-5-10(15)9-21-13/h2-7,9,16H,8H2,1H3,(H,18,19)/b17-7-. The maximum atomic E-state index is 11.6. The third kappa shape index (κ3) is 5.20. The van der Waals surface area contributed by atoms with Crippen LogP contribution in [0.3, 0.4) is 0 Å². The Bertz CT molecular complexity index is 643. The molecule has 0 saturated heterocycles. The van der Waals surface area contributed by atoms with Crippen LogP contribution in [0.2, 0.25) is 0 Å². The van der Waals surface area contributed by atoms with Crippen molar-refractivity contribution in [3.63, 3.8) is 0 Å². The first-order valence-corrected chi connectivity index (χ1v) is 7.78. The molecule has 0 bridgehead atoms. The van der Waals surface area contributed by atoms with Gasteiger partial charge < -0.3 is 10.1 Å². The van der Waals surface area contributed by atoms with E-state index in [-0.39, 0.29) is 12.5 Å². The lowest BCUT2D eigenvalue weighted by Gasteiger charge is -2.06. The molecule has 2 aromatic rings. The van der Waals surface area contributed by atoms with Crippen molar-refractivity contribution in [2.75, 3.05) is 19.0 Å². The van der Waals surface area contributed by atoms with Gasteiger partial charge in [0.2, 0.25) is 0 Å². The van der Waals surface area contributed by atoms with Gasteiger partial charge in [0.1, 0.15) is 5.75 Å². The van der Waals surface area contributed by atoms with Gasteiger partial charge in [-0.05, 0) is 34.1 Å². The second kappa shape index (κ2) is 7.80. The van der Waals surface area contributed by atoms with Crippen molar-refractivity contribution in [2.45, 2.75) is 0 Å². The van der Waals surface area contributed by atoms with E-state index in [0.29, 0.717) is 0 Å². The van der Waals surface area contributed by atoms with E-state index in [2.05, 4.69) is 31.8 Å².